The molecule has 0 aliphatic heterocycles. The van der Waals surface area contributed by atoms with Crippen LogP contribution >= 0.6 is 35.4 Å². The molecule has 0 aromatic heterocycles. The second-order valence-corrected chi connectivity index (χ2v) is 5.90. The zero-order valence-corrected chi connectivity index (χ0v) is 14.6. The van der Waals surface area contributed by atoms with Crippen molar-refractivity contribution in [2.75, 3.05) is 11.9 Å². The summed E-state index contributed by atoms with van der Waals surface area (Å²) in [7, 11) is 0. The first-order valence-electron chi connectivity index (χ1n) is 6.70. The summed E-state index contributed by atoms with van der Waals surface area (Å²) in [5, 5.41) is 6.18. The van der Waals surface area contributed by atoms with Crippen molar-refractivity contribution >= 4 is 52.1 Å². The number of hydrogen-bond acceptors (Lipinski definition) is 3. The molecule has 0 saturated heterocycles. The number of amides is 1. The average Bonchev–Trinajstić information content (AvgIpc) is 2.51. The Labute approximate surface area is 149 Å². The van der Waals surface area contributed by atoms with Crippen LogP contribution in [0.1, 0.15) is 5.56 Å². The minimum absolute atomic E-state index is 0.117. The fourth-order valence-corrected chi connectivity index (χ4v) is 2.27. The number of thiocarbonyl (C=S) groups is 1. The molecule has 23 heavy (non-hydrogen) atoms. The van der Waals surface area contributed by atoms with Crippen molar-refractivity contribution in [1.82, 2.24) is 5.32 Å². The number of ether oxygens (including phenoxy) is 1. The maximum Gasteiger partial charge on any atom is 0.264 e. The minimum atomic E-state index is -0.374. The molecule has 120 valence electrons. The van der Waals surface area contributed by atoms with E-state index >= 15 is 0 Å². The zero-order chi connectivity index (χ0) is 16.8. The number of halogens is 2. The van der Waals surface area contributed by atoms with Crippen LogP contribution < -0.4 is 15.4 Å². The van der Waals surface area contributed by atoms with Crippen LogP contribution in [0, 0.1) is 6.92 Å². The topological polar surface area (TPSA) is 50.4 Å². The smallest absolute Gasteiger partial charge is 0.264 e. The first kappa shape index (κ1) is 17.5. The molecule has 0 heterocycles. The van der Waals surface area contributed by atoms with Gasteiger partial charge in [0.1, 0.15) is 5.75 Å². The molecule has 2 rings (SSSR count). The Morgan fingerprint density at radius 1 is 1.17 bits per heavy atom. The van der Waals surface area contributed by atoms with Crippen molar-refractivity contribution in [3.8, 4) is 5.75 Å². The zero-order valence-electron chi connectivity index (χ0n) is 12.2. The molecule has 0 spiro atoms. The monoisotopic (exact) mass is 368 g/mol. The predicted octanol–water partition coefficient (Wildman–Crippen LogP) is 4.19. The van der Waals surface area contributed by atoms with Crippen LogP contribution in [0.3, 0.4) is 0 Å². The Hall–Kier alpha value is -1.82. The lowest BCUT2D eigenvalue weighted by atomic mass is 10.2. The van der Waals surface area contributed by atoms with E-state index in [1.54, 1.807) is 30.3 Å². The van der Waals surface area contributed by atoms with Crippen LogP contribution in [0.4, 0.5) is 5.69 Å². The van der Waals surface area contributed by atoms with Gasteiger partial charge in [-0.1, -0.05) is 47.0 Å². The molecule has 0 atom stereocenters. The normalized spacial score (nSPS) is 10.0. The molecule has 2 aromatic carbocycles. The summed E-state index contributed by atoms with van der Waals surface area (Å²) < 4.78 is 5.37. The van der Waals surface area contributed by atoms with E-state index in [1.165, 1.54) is 0 Å². The molecule has 0 bridgehead atoms. The standard InChI is InChI=1S/C16H14Cl2N2O2S/c1-10-5-7-11(8-6-10)22-9-14(21)20-16(23)19-13-4-2-3-12(17)15(13)18/h2-8H,9H2,1H3,(H2,19,20,21,23). The lowest BCUT2D eigenvalue weighted by Gasteiger charge is -2.12. The highest BCUT2D eigenvalue weighted by atomic mass is 35.5. The molecule has 0 fully saturated rings. The Kier molecular flexibility index (Phi) is 6.21. The van der Waals surface area contributed by atoms with Crippen LogP contribution in [-0.2, 0) is 4.79 Å². The van der Waals surface area contributed by atoms with Crippen molar-refractivity contribution in [3.63, 3.8) is 0 Å². The van der Waals surface area contributed by atoms with E-state index in [0.717, 1.165) is 5.56 Å². The Balaban J connectivity index is 1.84. The van der Waals surface area contributed by atoms with Crippen LogP contribution in [0.25, 0.3) is 0 Å². The molecular weight excluding hydrogens is 355 g/mol. The highest BCUT2D eigenvalue weighted by Crippen LogP contribution is 2.29. The fourth-order valence-electron chi connectivity index (χ4n) is 1.70. The quantitative estimate of drug-likeness (QED) is 0.794. The van der Waals surface area contributed by atoms with Crippen LogP contribution in [0.2, 0.25) is 10.0 Å². The van der Waals surface area contributed by atoms with Gasteiger partial charge >= 0.3 is 0 Å². The summed E-state index contributed by atoms with van der Waals surface area (Å²) >= 11 is 17.0. The van der Waals surface area contributed by atoms with Gasteiger partial charge in [-0.2, -0.15) is 0 Å². The highest BCUT2D eigenvalue weighted by molar-refractivity contribution is 7.80. The molecule has 0 unspecified atom stereocenters. The number of hydrogen-bond donors (Lipinski definition) is 2. The van der Waals surface area contributed by atoms with Gasteiger partial charge in [-0.05, 0) is 43.4 Å². The molecular formula is C16H14Cl2N2O2S. The lowest BCUT2D eigenvalue weighted by Crippen LogP contribution is -2.37. The predicted molar refractivity (Wildman–Crippen MR) is 97.5 cm³/mol. The third kappa shape index (κ3) is 5.39. The molecule has 4 nitrogen and oxygen atoms in total. The summed E-state index contributed by atoms with van der Waals surface area (Å²) in [6, 6.07) is 12.5. The first-order chi connectivity index (χ1) is 11.0. The van der Waals surface area contributed by atoms with Crippen molar-refractivity contribution in [1.29, 1.82) is 0 Å². The molecule has 7 heteroatoms. The van der Waals surface area contributed by atoms with Gasteiger partial charge in [-0.15, -0.1) is 0 Å². The molecule has 2 N–H and O–H groups in total. The van der Waals surface area contributed by atoms with Gasteiger partial charge in [0.15, 0.2) is 11.7 Å². The summed E-state index contributed by atoms with van der Waals surface area (Å²) in [6.45, 7) is 1.83. The average molecular weight is 369 g/mol. The van der Waals surface area contributed by atoms with E-state index in [-0.39, 0.29) is 17.6 Å². The number of rotatable bonds is 4. The maximum absolute atomic E-state index is 11.8. The van der Waals surface area contributed by atoms with E-state index in [9.17, 15) is 4.79 Å². The van der Waals surface area contributed by atoms with Gasteiger partial charge in [0.05, 0.1) is 15.7 Å². The van der Waals surface area contributed by atoms with Gasteiger partial charge in [0.25, 0.3) is 5.91 Å². The highest BCUT2D eigenvalue weighted by Gasteiger charge is 2.09. The van der Waals surface area contributed by atoms with E-state index in [4.69, 9.17) is 40.2 Å². The number of aryl methyl sites for hydroxylation is 1. The van der Waals surface area contributed by atoms with Gasteiger partial charge < -0.3 is 10.1 Å². The third-order valence-corrected chi connectivity index (χ3v) is 3.87. The van der Waals surface area contributed by atoms with Crippen molar-refractivity contribution in [2.45, 2.75) is 6.92 Å². The largest absolute Gasteiger partial charge is 0.484 e. The number of carbonyl (C=O) groups excluding carboxylic acids is 1. The number of carbonyl (C=O) groups is 1. The van der Waals surface area contributed by atoms with E-state index < -0.39 is 0 Å². The second-order valence-electron chi connectivity index (χ2n) is 4.71. The van der Waals surface area contributed by atoms with Crippen molar-refractivity contribution in [3.05, 3.63) is 58.1 Å². The molecule has 2 aromatic rings. The number of benzene rings is 2. The fraction of sp³-hybridized carbons (Fsp3) is 0.125. The van der Waals surface area contributed by atoms with Crippen molar-refractivity contribution < 1.29 is 9.53 Å². The summed E-state index contributed by atoms with van der Waals surface area (Å²) in [5.41, 5.74) is 1.63. The molecule has 0 radical (unpaired) electrons. The maximum atomic E-state index is 11.8. The van der Waals surface area contributed by atoms with E-state index in [0.29, 0.717) is 21.5 Å². The van der Waals surface area contributed by atoms with E-state index in [1.807, 2.05) is 19.1 Å². The Bertz CT molecular complexity index is 721. The van der Waals surface area contributed by atoms with Crippen molar-refractivity contribution in [2.24, 2.45) is 0 Å². The van der Waals surface area contributed by atoms with Gasteiger partial charge in [-0.25, -0.2) is 0 Å². The molecule has 0 aliphatic carbocycles. The third-order valence-electron chi connectivity index (χ3n) is 2.84. The Morgan fingerprint density at radius 3 is 2.57 bits per heavy atom. The van der Waals surface area contributed by atoms with Crippen LogP contribution in [-0.4, -0.2) is 17.6 Å². The SMILES string of the molecule is Cc1ccc(OCC(=O)NC(=S)Nc2cccc(Cl)c2Cl)cc1. The summed E-state index contributed by atoms with van der Waals surface area (Å²) in [5.74, 6) is 0.240. The van der Waals surface area contributed by atoms with Gasteiger partial charge in [0.2, 0.25) is 0 Å². The van der Waals surface area contributed by atoms with Gasteiger partial charge in [0, 0.05) is 0 Å². The number of nitrogens with one attached hydrogen (secondary N) is 2. The Morgan fingerprint density at radius 2 is 1.87 bits per heavy atom. The van der Waals surface area contributed by atoms with E-state index in [2.05, 4.69) is 10.6 Å². The lowest BCUT2D eigenvalue weighted by molar-refractivity contribution is -0.121. The molecule has 1 amide bonds. The molecule has 0 aliphatic rings. The van der Waals surface area contributed by atoms with Crippen LogP contribution in [0.15, 0.2) is 42.5 Å². The van der Waals surface area contributed by atoms with Crippen LogP contribution in [0.5, 0.6) is 5.75 Å². The minimum Gasteiger partial charge on any atom is -0.484 e. The number of anilines is 1. The first-order valence-corrected chi connectivity index (χ1v) is 7.86. The van der Waals surface area contributed by atoms with Gasteiger partial charge in [-0.3, -0.25) is 10.1 Å². The molecule has 0 saturated carbocycles. The summed E-state index contributed by atoms with van der Waals surface area (Å²) in [4.78, 5) is 11.8. The second kappa shape index (κ2) is 8.15. The summed E-state index contributed by atoms with van der Waals surface area (Å²) in [6.07, 6.45) is 0.